The van der Waals surface area contributed by atoms with Crippen molar-refractivity contribution in [3.8, 4) is 0 Å². The maximum atomic E-state index is 10.9. The molecule has 1 fully saturated rings. The van der Waals surface area contributed by atoms with Crippen molar-refractivity contribution in [1.29, 1.82) is 0 Å². The lowest BCUT2D eigenvalue weighted by Gasteiger charge is -2.28. The van der Waals surface area contributed by atoms with Gasteiger partial charge in [-0.1, -0.05) is 31.4 Å². The molecule has 0 amide bonds. The molecule has 0 aliphatic heterocycles. The van der Waals surface area contributed by atoms with Crippen LogP contribution in [0.15, 0.2) is 24.3 Å². The molecule has 1 aliphatic carbocycles. The largest absolute Gasteiger partial charge is 0.478 e. The molecule has 0 unspecified atom stereocenters. The number of benzene rings is 1. The fourth-order valence-electron chi connectivity index (χ4n) is 2.89. The van der Waals surface area contributed by atoms with Crippen LogP contribution in [0.25, 0.3) is 0 Å². The van der Waals surface area contributed by atoms with Gasteiger partial charge in [-0.2, -0.15) is 0 Å². The molecule has 3 heteroatoms. The Labute approximate surface area is 115 Å². The number of carboxylic acids is 1. The second kappa shape index (κ2) is 6.71. The number of carbonyl (C=O) groups is 1. The Bertz CT molecular complexity index is 425. The van der Waals surface area contributed by atoms with Gasteiger partial charge < -0.3 is 10.4 Å². The molecule has 1 aromatic rings. The highest BCUT2D eigenvalue weighted by Gasteiger charge is 2.19. The second-order valence-corrected chi connectivity index (χ2v) is 5.57. The van der Waals surface area contributed by atoms with Crippen LogP contribution in [0.4, 0.5) is 0 Å². The van der Waals surface area contributed by atoms with Crippen LogP contribution in [0, 0.1) is 5.92 Å². The molecule has 1 aromatic carbocycles. The SMILES string of the molecule is C[C@@H](NCc1cccc(C(=O)O)c1)C1CCCCC1. The van der Waals surface area contributed by atoms with E-state index in [-0.39, 0.29) is 0 Å². The van der Waals surface area contributed by atoms with Gasteiger partial charge in [0.1, 0.15) is 0 Å². The summed E-state index contributed by atoms with van der Waals surface area (Å²) in [6.07, 6.45) is 6.73. The molecule has 0 aromatic heterocycles. The van der Waals surface area contributed by atoms with Crippen molar-refractivity contribution in [2.45, 2.75) is 51.6 Å². The standard InChI is InChI=1S/C16H23NO2/c1-12(14-7-3-2-4-8-14)17-11-13-6-5-9-15(10-13)16(18)19/h5-6,9-10,12,14,17H,2-4,7-8,11H2,1H3,(H,18,19)/t12-/m1/s1. The Balaban J connectivity index is 1.87. The van der Waals surface area contributed by atoms with E-state index in [1.165, 1.54) is 32.1 Å². The van der Waals surface area contributed by atoms with Crippen LogP contribution in [-0.4, -0.2) is 17.1 Å². The molecule has 0 heterocycles. The number of hydrogen-bond donors (Lipinski definition) is 2. The third-order valence-corrected chi connectivity index (χ3v) is 4.16. The maximum absolute atomic E-state index is 10.9. The number of rotatable bonds is 5. The van der Waals surface area contributed by atoms with E-state index in [9.17, 15) is 4.79 Å². The van der Waals surface area contributed by atoms with Crippen molar-refractivity contribution in [2.75, 3.05) is 0 Å². The topological polar surface area (TPSA) is 49.3 Å². The lowest BCUT2D eigenvalue weighted by molar-refractivity contribution is 0.0696. The van der Waals surface area contributed by atoms with E-state index in [2.05, 4.69) is 12.2 Å². The summed E-state index contributed by atoms with van der Waals surface area (Å²) in [5, 5.41) is 12.5. The van der Waals surface area contributed by atoms with Crippen LogP contribution in [0.5, 0.6) is 0 Å². The number of aromatic carboxylic acids is 1. The molecule has 2 N–H and O–H groups in total. The molecular formula is C16H23NO2. The van der Waals surface area contributed by atoms with E-state index in [1.807, 2.05) is 12.1 Å². The molecule has 19 heavy (non-hydrogen) atoms. The van der Waals surface area contributed by atoms with E-state index in [4.69, 9.17) is 5.11 Å². The van der Waals surface area contributed by atoms with Crippen molar-refractivity contribution in [1.82, 2.24) is 5.32 Å². The zero-order valence-corrected chi connectivity index (χ0v) is 11.6. The van der Waals surface area contributed by atoms with Crippen molar-refractivity contribution in [3.05, 3.63) is 35.4 Å². The minimum absolute atomic E-state index is 0.365. The molecule has 0 bridgehead atoms. The van der Waals surface area contributed by atoms with Gasteiger partial charge in [0.2, 0.25) is 0 Å². The molecule has 104 valence electrons. The van der Waals surface area contributed by atoms with Crippen molar-refractivity contribution >= 4 is 5.97 Å². The Morgan fingerprint density at radius 3 is 2.79 bits per heavy atom. The zero-order valence-electron chi connectivity index (χ0n) is 11.6. The van der Waals surface area contributed by atoms with Crippen LogP contribution in [0.3, 0.4) is 0 Å². The fourth-order valence-corrected chi connectivity index (χ4v) is 2.89. The van der Waals surface area contributed by atoms with E-state index in [1.54, 1.807) is 12.1 Å². The molecule has 3 nitrogen and oxygen atoms in total. The highest BCUT2D eigenvalue weighted by atomic mass is 16.4. The molecular weight excluding hydrogens is 238 g/mol. The van der Waals surface area contributed by atoms with Crippen LogP contribution in [-0.2, 0) is 6.54 Å². The lowest BCUT2D eigenvalue weighted by Crippen LogP contribution is -2.34. The number of carboxylic acid groups (broad SMARTS) is 1. The van der Waals surface area contributed by atoms with Crippen LogP contribution in [0.1, 0.15) is 54.9 Å². The summed E-state index contributed by atoms with van der Waals surface area (Å²) in [5.41, 5.74) is 1.41. The van der Waals surface area contributed by atoms with Gasteiger partial charge in [0.15, 0.2) is 0 Å². The minimum Gasteiger partial charge on any atom is -0.478 e. The summed E-state index contributed by atoms with van der Waals surface area (Å²) >= 11 is 0. The van der Waals surface area contributed by atoms with Crippen LogP contribution >= 0.6 is 0 Å². The minimum atomic E-state index is -0.859. The van der Waals surface area contributed by atoms with E-state index < -0.39 is 5.97 Å². The summed E-state index contributed by atoms with van der Waals surface area (Å²) in [4.78, 5) is 10.9. The predicted molar refractivity (Wildman–Crippen MR) is 76.3 cm³/mol. The fraction of sp³-hybridized carbons (Fsp3) is 0.562. The smallest absolute Gasteiger partial charge is 0.335 e. The molecule has 1 aliphatic rings. The average Bonchev–Trinajstić information content (AvgIpc) is 2.46. The molecule has 1 saturated carbocycles. The first kappa shape index (κ1) is 14.1. The van der Waals surface area contributed by atoms with Gasteiger partial charge in [-0.05, 0) is 43.4 Å². The first-order valence-corrected chi connectivity index (χ1v) is 7.22. The molecule has 1 atom stereocenters. The Kier molecular flexibility index (Phi) is 4.97. The highest BCUT2D eigenvalue weighted by molar-refractivity contribution is 5.87. The van der Waals surface area contributed by atoms with Crippen molar-refractivity contribution in [2.24, 2.45) is 5.92 Å². The van der Waals surface area contributed by atoms with Gasteiger partial charge in [0.05, 0.1) is 5.56 Å². The Morgan fingerprint density at radius 2 is 2.11 bits per heavy atom. The van der Waals surface area contributed by atoms with Crippen LogP contribution in [0.2, 0.25) is 0 Å². The summed E-state index contributed by atoms with van der Waals surface area (Å²) < 4.78 is 0. The summed E-state index contributed by atoms with van der Waals surface area (Å²) in [6, 6.07) is 7.69. The van der Waals surface area contributed by atoms with E-state index in [0.717, 1.165) is 18.0 Å². The third kappa shape index (κ3) is 4.06. The Hall–Kier alpha value is -1.35. The monoisotopic (exact) mass is 261 g/mol. The van der Waals surface area contributed by atoms with Gasteiger partial charge in [0, 0.05) is 12.6 Å². The molecule has 0 radical (unpaired) electrons. The zero-order chi connectivity index (χ0) is 13.7. The van der Waals surface area contributed by atoms with Crippen molar-refractivity contribution < 1.29 is 9.90 Å². The second-order valence-electron chi connectivity index (χ2n) is 5.57. The van der Waals surface area contributed by atoms with Gasteiger partial charge in [-0.3, -0.25) is 0 Å². The van der Waals surface area contributed by atoms with Gasteiger partial charge in [0.25, 0.3) is 0 Å². The van der Waals surface area contributed by atoms with Gasteiger partial charge in [-0.25, -0.2) is 4.79 Å². The molecule has 2 rings (SSSR count). The van der Waals surface area contributed by atoms with Crippen LogP contribution < -0.4 is 5.32 Å². The summed E-state index contributed by atoms with van der Waals surface area (Å²) in [6.45, 7) is 3.00. The molecule has 0 saturated heterocycles. The van der Waals surface area contributed by atoms with E-state index >= 15 is 0 Å². The van der Waals surface area contributed by atoms with Gasteiger partial charge in [-0.15, -0.1) is 0 Å². The predicted octanol–water partition coefficient (Wildman–Crippen LogP) is 3.44. The number of nitrogens with one attached hydrogen (secondary N) is 1. The first-order valence-electron chi connectivity index (χ1n) is 7.22. The lowest BCUT2D eigenvalue weighted by atomic mass is 9.84. The summed E-state index contributed by atoms with van der Waals surface area (Å²) in [7, 11) is 0. The molecule has 0 spiro atoms. The average molecular weight is 261 g/mol. The quantitative estimate of drug-likeness (QED) is 0.853. The Morgan fingerprint density at radius 1 is 1.37 bits per heavy atom. The summed E-state index contributed by atoms with van der Waals surface area (Å²) in [5.74, 6) is -0.0846. The third-order valence-electron chi connectivity index (χ3n) is 4.16. The maximum Gasteiger partial charge on any atom is 0.335 e. The highest BCUT2D eigenvalue weighted by Crippen LogP contribution is 2.26. The van der Waals surface area contributed by atoms with E-state index in [0.29, 0.717) is 11.6 Å². The number of hydrogen-bond acceptors (Lipinski definition) is 2. The van der Waals surface area contributed by atoms with Crippen molar-refractivity contribution in [3.63, 3.8) is 0 Å². The normalized spacial score (nSPS) is 18.2. The van der Waals surface area contributed by atoms with Gasteiger partial charge >= 0.3 is 5.97 Å². The first-order chi connectivity index (χ1) is 9.16.